The summed E-state index contributed by atoms with van der Waals surface area (Å²) in [6.45, 7) is 0. The Labute approximate surface area is 118 Å². The minimum Gasteiger partial charge on any atom is -0.465 e. The number of rotatable bonds is 2. The molecule has 3 nitrogen and oxygen atoms in total. The molecule has 1 heterocycles. The van der Waals surface area contributed by atoms with Gasteiger partial charge in [0.2, 0.25) is 5.95 Å². The summed E-state index contributed by atoms with van der Waals surface area (Å²) in [4.78, 5) is 15.0. The van der Waals surface area contributed by atoms with E-state index in [1.54, 1.807) is 18.2 Å². The molecule has 0 unspecified atom stereocenters. The first kappa shape index (κ1) is 13.8. The van der Waals surface area contributed by atoms with Gasteiger partial charge >= 0.3 is 5.97 Å². The molecule has 2 aromatic rings. The highest BCUT2D eigenvalue weighted by atomic mass is 35.5. The molecular weight excluding hydrogens is 292 g/mol. The number of halogens is 3. The molecule has 0 saturated carbocycles. The highest BCUT2D eigenvalue weighted by Gasteiger charge is 2.16. The topological polar surface area (TPSA) is 39.2 Å². The SMILES string of the molecule is COC(=O)c1ccc(-c2cccc(Cl)c2Cl)nc1F. The Morgan fingerprint density at radius 1 is 1.26 bits per heavy atom. The van der Waals surface area contributed by atoms with Gasteiger partial charge in [-0.05, 0) is 18.2 Å². The summed E-state index contributed by atoms with van der Waals surface area (Å²) in [5, 5.41) is 0.625. The molecule has 2 rings (SSSR count). The Hall–Kier alpha value is -1.65. The Kier molecular flexibility index (Phi) is 4.02. The normalized spacial score (nSPS) is 10.3. The van der Waals surface area contributed by atoms with Crippen molar-refractivity contribution in [1.29, 1.82) is 0 Å². The number of benzene rings is 1. The number of carbonyl (C=O) groups is 1. The van der Waals surface area contributed by atoms with Crippen molar-refractivity contribution in [2.45, 2.75) is 0 Å². The second kappa shape index (κ2) is 5.55. The number of hydrogen-bond donors (Lipinski definition) is 0. The van der Waals surface area contributed by atoms with E-state index in [9.17, 15) is 9.18 Å². The van der Waals surface area contributed by atoms with E-state index in [2.05, 4.69) is 9.72 Å². The van der Waals surface area contributed by atoms with Gasteiger partial charge in [0.05, 0.1) is 22.8 Å². The lowest BCUT2D eigenvalue weighted by atomic mass is 10.1. The Morgan fingerprint density at radius 3 is 2.63 bits per heavy atom. The molecule has 0 bridgehead atoms. The summed E-state index contributed by atoms with van der Waals surface area (Å²) >= 11 is 11.9. The molecule has 0 aliphatic rings. The summed E-state index contributed by atoms with van der Waals surface area (Å²) in [6.07, 6.45) is 0. The van der Waals surface area contributed by atoms with E-state index in [0.29, 0.717) is 10.6 Å². The summed E-state index contributed by atoms with van der Waals surface area (Å²) in [5.74, 6) is -1.70. The Bertz CT molecular complexity index is 647. The minimum atomic E-state index is -0.916. The molecule has 19 heavy (non-hydrogen) atoms. The van der Waals surface area contributed by atoms with Crippen molar-refractivity contribution in [3.63, 3.8) is 0 Å². The van der Waals surface area contributed by atoms with Crippen LogP contribution in [0.2, 0.25) is 10.0 Å². The van der Waals surface area contributed by atoms with Crippen LogP contribution in [0.1, 0.15) is 10.4 Å². The number of hydrogen-bond acceptors (Lipinski definition) is 3. The van der Waals surface area contributed by atoms with Gasteiger partial charge in [-0.15, -0.1) is 0 Å². The molecule has 1 aromatic carbocycles. The van der Waals surface area contributed by atoms with Crippen LogP contribution >= 0.6 is 23.2 Å². The van der Waals surface area contributed by atoms with E-state index in [-0.39, 0.29) is 16.3 Å². The highest BCUT2D eigenvalue weighted by Crippen LogP contribution is 2.32. The fourth-order valence-electron chi connectivity index (χ4n) is 1.55. The molecular formula is C13H8Cl2FNO2. The second-order valence-corrected chi connectivity index (χ2v) is 4.41. The molecule has 0 spiro atoms. The lowest BCUT2D eigenvalue weighted by Gasteiger charge is -2.07. The van der Waals surface area contributed by atoms with Crippen molar-refractivity contribution in [1.82, 2.24) is 4.98 Å². The molecule has 1 aromatic heterocycles. The van der Waals surface area contributed by atoms with E-state index in [1.165, 1.54) is 19.2 Å². The molecule has 0 aliphatic carbocycles. The van der Waals surface area contributed by atoms with Gasteiger partial charge in [0.1, 0.15) is 5.56 Å². The summed E-state index contributed by atoms with van der Waals surface area (Å²) < 4.78 is 18.2. The van der Waals surface area contributed by atoms with Crippen molar-refractivity contribution in [3.8, 4) is 11.3 Å². The number of ether oxygens (including phenoxy) is 1. The largest absolute Gasteiger partial charge is 0.465 e. The minimum absolute atomic E-state index is 0.232. The van der Waals surface area contributed by atoms with Gasteiger partial charge in [0.15, 0.2) is 0 Å². The van der Waals surface area contributed by atoms with Crippen molar-refractivity contribution in [2.75, 3.05) is 7.11 Å². The Morgan fingerprint density at radius 2 is 2.00 bits per heavy atom. The maximum absolute atomic E-state index is 13.7. The van der Waals surface area contributed by atoms with Gasteiger partial charge in [0.25, 0.3) is 0 Å². The maximum atomic E-state index is 13.7. The van der Waals surface area contributed by atoms with Crippen LogP contribution < -0.4 is 0 Å². The number of aromatic nitrogens is 1. The zero-order valence-electron chi connectivity index (χ0n) is 9.78. The zero-order chi connectivity index (χ0) is 14.0. The lowest BCUT2D eigenvalue weighted by molar-refractivity contribution is 0.0594. The third-order valence-electron chi connectivity index (χ3n) is 2.48. The molecule has 0 aliphatic heterocycles. The standard InChI is InChI=1S/C13H8Cl2FNO2/c1-19-13(18)8-5-6-10(17-12(8)16)7-3-2-4-9(14)11(7)15/h2-6H,1H3. The molecule has 6 heteroatoms. The first-order valence-electron chi connectivity index (χ1n) is 5.24. The molecule has 0 fully saturated rings. The summed E-state index contributed by atoms with van der Waals surface area (Å²) in [7, 11) is 1.17. The zero-order valence-corrected chi connectivity index (χ0v) is 11.3. The first-order valence-corrected chi connectivity index (χ1v) is 5.99. The number of pyridine rings is 1. The van der Waals surface area contributed by atoms with E-state index in [1.807, 2.05) is 0 Å². The lowest BCUT2D eigenvalue weighted by Crippen LogP contribution is -2.06. The van der Waals surface area contributed by atoms with E-state index in [4.69, 9.17) is 23.2 Å². The molecule has 0 N–H and O–H groups in total. The quantitative estimate of drug-likeness (QED) is 0.622. The number of nitrogens with zero attached hydrogens (tertiary/aromatic N) is 1. The number of carbonyl (C=O) groups excluding carboxylic acids is 1. The monoisotopic (exact) mass is 299 g/mol. The summed E-state index contributed by atoms with van der Waals surface area (Å²) in [6, 6.07) is 7.73. The van der Waals surface area contributed by atoms with E-state index >= 15 is 0 Å². The van der Waals surface area contributed by atoms with E-state index in [0.717, 1.165) is 0 Å². The van der Waals surface area contributed by atoms with Gasteiger partial charge < -0.3 is 4.74 Å². The first-order chi connectivity index (χ1) is 9.04. The highest BCUT2D eigenvalue weighted by molar-refractivity contribution is 6.43. The van der Waals surface area contributed by atoms with Gasteiger partial charge in [-0.3, -0.25) is 0 Å². The van der Waals surface area contributed by atoms with Crippen LogP contribution in [-0.4, -0.2) is 18.1 Å². The van der Waals surface area contributed by atoms with Crippen molar-refractivity contribution >= 4 is 29.2 Å². The van der Waals surface area contributed by atoms with Crippen LogP contribution in [0, 0.1) is 5.95 Å². The van der Waals surface area contributed by atoms with Gasteiger partial charge in [-0.25, -0.2) is 9.78 Å². The molecule has 98 valence electrons. The molecule has 0 saturated heterocycles. The predicted octanol–water partition coefficient (Wildman–Crippen LogP) is 3.98. The van der Waals surface area contributed by atoms with Gasteiger partial charge in [-0.1, -0.05) is 35.3 Å². The third kappa shape index (κ3) is 2.69. The van der Waals surface area contributed by atoms with Crippen molar-refractivity contribution in [3.05, 3.63) is 51.9 Å². The van der Waals surface area contributed by atoms with Crippen LogP contribution in [0.5, 0.6) is 0 Å². The van der Waals surface area contributed by atoms with E-state index < -0.39 is 11.9 Å². The van der Waals surface area contributed by atoms with Crippen LogP contribution in [0.15, 0.2) is 30.3 Å². The van der Waals surface area contributed by atoms with Crippen LogP contribution in [0.3, 0.4) is 0 Å². The average molecular weight is 300 g/mol. The maximum Gasteiger partial charge on any atom is 0.342 e. The summed E-state index contributed by atoms with van der Waals surface area (Å²) in [5.41, 5.74) is 0.548. The predicted molar refractivity (Wildman–Crippen MR) is 71.0 cm³/mol. The average Bonchev–Trinajstić information content (AvgIpc) is 2.41. The smallest absolute Gasteiger partial charge is 0.342 e. The number of esters is 1. The van der Waals surface area contributed by atoms with Crippen LogP contribution in [0.25, 0.3) is 11.3 Å². The molecule has 0 amide bonds. The van der Waals surface area contributed by atoms with Crippen LogP contribution in [-0.2, 0) is 4.74 Å². The fourth-order valence-corrected chi connectivity index (χ4v) is 1.95. The molecule has 0 radical (unpaired) electrons. The van der Waals surface area contributed by atoms with Gasteiger partial charge in [0, 0.05) is 5.56 Å². The fraction of sp³-hybridized carbons (Fsp3) is 0.0769. The number of methoxy groups -OCH3 is 1. The van der Waals surface area contributed by atoms with Crippen molar-refractivity contribution < 1.29 is 13.9 Å². The third-order valence-corrected chi connectivity index (χ3v) is 3.30. The second-order valence-electron chi connectivity index (χ2n) is 3.63. The van der Waals surface area contributed by atoms with Gasteiger partial charge in [-0.2, -0.15) is 4.39 Å². The van der Waals surface area contributed by atoms with Crippen LogP contribution in [0.4, 0.5) is 4.39 Å². The van der Waals surface area contributed by atoms with Crippen molar-refractivity contribution in [2.24, 2.45) is 0 Å². The Balaban J connectivity index is 2.51. The molecule has 0 atom stereocenters.